The van der Waals surface area contributed by atoms with Gasteiger partial charge in [0.25, 0.3) is 0 Å². The number of fused-ring (bicyclic) bond motifs is 1. The van der Waals surface area contributed by atoms with Crippen LogP contribution in [0.5, 0.6) is 0 Å². The molecule has 2 saturated heterocycles. The number of ether oxygens (including phenoxy) is 1. The topological polar surface area (TPSA) is 78.5 Å². The van der Waals surface area contributed by atoms with Crippen LogP contribution in [0.4, 0.5) is 0 Å². The number of rotatable bonds is 3. The van der Waals surface area contributed by atoms with Gasteiger partial charge in [0.1, 0.15) is 4.90 Å². The minimum absolute atomic E-state index is 0.0602. The third-order valence-electron chi connectivity index (χ3n) is 5.32. The van der Waals surface area contributed by atoms with Crippen molar-refractivity contribution in [1.82, 2.24) is 19.4 Å². The number of nitrogens with one attached hydrogen (secondary N) is 1. The molecule has 1 aromatic heterocycles. The van der Waals surface area contributed by atoms with Crippen molar-refractivity contribution in [2.75, 3.05) is 32.8 Å². The summed E-state index contributed by atoms with van der Waals surface area (Å²) in [5.74, 6) is 0. The maximum Gasteiger partial charge on any atom is 0.246 e. The number of nitrogens with zero attached hydrogens (tertiary/aromatic N) is 3. The molecule has 0 spiro atoms. The largest absolute Gasteiger partial charge is 0.378 e. The molecule has 0 unspecified atom stereocenters. The first-order valence-electron chi connectivity index (χ1n) is 8.88. The van der Waals surface area contributed by atoms with E-state index in [2.05, 4.69) is 27.2 Å². The number of piperazine rings is 1. The fourth-order valence-electron chi connectivity index (χ4n) is 4.04. The number of morpholine rings is 1. The Kier molecular flexibility index (Phi) is 4.60. The number of hydrogen-bond acceptors (Lipinski definition) is 5. The van der Waals surface area contributed by atoms with E-state index in [9.17, 15) is 8.42 Å². The molecule has 0 aliphatic carbocycles. The fourth-order valence-corrected chi connectivity index (χ4v) is 5.84. The van der Waals surface area contributed by atoms with E-state index < -0.39 is 10.0 Å². The van der Waals surface area contributed by atoms with Gasteiger partial charge in [0.2, 0.25) is 10.0 Å². The van der Waals surface area contributed by atoms with Crippen molar-refractivity contribution < 1.29 is 13.2 Å². The molecule has 1 aromatic carbocycles. The van der Waals surface area contributed by atoms with Crippen LogP contribution in [0, 0.1) is 13.8 Å². The van der Waals surface area contributed by atoms with Gasteiger partial charge in [0.15, 0.2) is 0 Å². The van der Waals surface area contributed by atoms with Crippen LogP contribution in [0.2, 0.25) is 0 Å². The lowest BCUT2D eigenvalue weighted by Crippen LogP contribution is -2.59. The zero-order valence-electron chi connectivity index (χ0n) is 15.1. The predicted octanol–water partition coefficient (Wildman–Crippen LogP) is 1.47. The van der Waals surface area contributed by atoms with Gasteiger partial charge in [-0.25, -0.2) is 8.42 Å². The maximum absolute atomic E-state index is 13.1. The van der Waals surface area contributed by atoms with E-state index in [1.807, 2.05) is 18.2 Å². The number of hydrogen-bond donors (Lipinski definition) is 1. The van der Waals surface area contributed by atoms with Crippen molar-refractivity contribution in [2.45, 2.75) is 30.8 Å². The van der Waals surface area contributed by atoms with Crippen LogP contribution in [0.3, 0.4) is 0 Å². The smallest absolute Gasteiger partial charge is 0.246 e. The second-order valence-corrected chi connectivity index (χ2v) is 8.86. The number of aryl methyl sites for hydroxylation is 2. The molecule has 8 heteroatoms. The molecule has 2 fully saturated rings. The van der Waals surface area contributed by atoms with Crippen LogP contribution in [0.15, 0.2) is 35.2 Å². The highest BCUT2D eigenvalue weighted by Gasteiger charge is 2.41. The van der Waals surface area contributed by atoms with Crippen LogP contribution < -0.4 is 0 Å². The molecule has 1 N–H and O–H groups in total. The highest BCUT2D eigenvalue weighted by molar-refractivity contribution is 7.89. The molecular weight excluding hydrogens is 352 g/mol. The minimum atomic E-state index is -3.56. The highest BCUT2D eigenvalue weighted by Crippen LogP contribution is 2.32. The van der Waals surface area contributed by atoms with Crippen molar-refractivity contribution in [2.24, 2.45) is 0 Å². The van der Waals surface area contributed by atoms with E-state index in [4.69, 9.17) is 4.74 Å². The molecule has 7 nitrogen and oxygen atoms in total. The van der Waals surface area contributed by atoms with Crippen LogP contribution in [0.25, 0.3) is 0 Å². The van der Waals surface area contributed by atoms with Gasteiger partial charge in [0, 0.05) is 25.7 Å². The quantitative estimate of drug-likeness (QED) is 0.878. The SMILES string of the molecule is Cc1n[nH]c(C)c1S(=O)(=O)N1CCN2[C@@H](COC[C@@H]2c2ccccc2)C1. The molecular formula is C18H24N4O3S. The first-order chi connectivity index (χ1) is 12.5. The van der Waals surface area contributed by atoms with Crippen molar-refractivity contribution >= 4 is 10.0 Å². The predicted molar refractivity (Wildman–Crippen MR) is 97.3 cm³/mol. The van der Waals surface area contributed by atoms with Gasteiger partial charge in [-0.1, -0.05) is 30.3 Å². The number of benzene rings is 1. The van der Waals surface area contributed by atoms with E-state index in [1.54, 1.807) is 18.2 Å². The molecule has 2 aromatic rings. The van der Waals surface area contributed by atoms with E-state index in [-0.39, 0.29) is 12.1 Å². The lowest BCUT2D eigenvalue weighted by Gasteiger charge is -2.47. The second kappa shape index (κ2) is 6.77. The molecule has 0 radical (unpaired) electrons. The highest BCUT2D eigenvalue weighted by atomic mass is 32.2. The lowest BCUT2D eigenvalue weighted by atomic mass is 10.0. The van der Waals surface area contributed by atoms with Gasteiger partial charge >= 0.3 is 0 Å². The van der Waals surface area contributed by atoms with Crippen LogP contribution in [-0.4, -0.2) is 66.7 Å². The average molecular weight is 376 g/mol. The first-order valence-corrected chi connectivity index (χ1v) is 10.3. The molecule has 26 heavy (non-hydrogen) atoms. The summed E-state index contributed by atoms with van der Waals surface area (Å²) in [6.07, 6.45) is 0. The molecule has 140 valence electrons. The van der Waals surface area contributed by atoms with Crippen LogP contribution >= 0.6 is 0 Å². The van der Waals surface area contributed by atoms with E-state index in [0.29, 0.717) is 49.1 Å². The summed E-state index contributed by atoms with van der Waals surface area (Å²) in [6.45, 7) is 6.29. The van der Waals surface area contributed by atoms with E-state index in [0.717, 1.165) is 0 Å². The van der Waals surface area contributed by atoms with E-state index >= 15 is 0 Å². The Balaban J connectivity index is 1.57. The molecule has 2 aliphatic heterocycles. The zero-order valence-corrected chi connectivity index (χ0v) is 15.9. The molecule has 2 atom stereocenters. The fraction of sp³-hybridized carbons (Fsp3) is 0.500. The Labute approximate surface area is 154 Å². The number of H-pyrrole nitrogens is 1. The molecule has 0 bridgehead atoms. The summed E-state index contributed by atoms with van der Waals surface area (Å²) in [4.78, 5) is 2.70. The summed E-state index contributed by atoms with van der Waals surface area (Å²) in [7, 11) is -3.56. The van der Waals surface area contributed by atoms with Crippen molar-refractivity contribution in [3.8, 4) is 0 Å². The molecule has 0 amide bonds. The third-order valence-corrected chi connectivity index (χ3v) is 7.45. The summed E-state index contributed by atoms with van der Waals surface area (Å²) < 4.78 is 33.6. The number of sulfonamides is 1. The Morgan fingerprint density at radius 3 is 2.62 bits per heavy atom. The zero-order chi connectivity index (χ0) is 18.3. The van der Waals surface area contributed by atoms with Gasteiger partial charge in [0.05, 0.1) is 30.6 Å². The maximum atomic E-state index is 13.1. The van der Waals surface area contributed by atoms with Crippen LogP contribution in [0.1, 0.15) is 23.0 Å². The summed E-state index contributed by atoms with van der Waals surface area (Å²) in [6, 6.07) is 10.5. The molecule has 3 heterocycles. The standard InChI is InChI=1S/C18H24N4O3S/c1-13-18(14(2)20-19-13)26(23,24)21-8-9-22-16(10-21)11-25-12-17(22)15-6-4-3-5-7-15/h3-7,16-17H,8-12H2,1-2H3,(H,19,20)/t16-,17-/m1/s1. The van der Waals surface area contributed by atoms with Gasteiger partial charge in [-0.2, -0.15) is 9.40 Å². The lowest BCUT2D eigenvalue weighted by molar-refractivity contribution is -0.0709. The summed E-state index contributed by atoms with van der Waals surface area (Å²) in [5.41, 5.74) is 2.33. The number of aromatic nitrogens is 2. The van der Waals surface area contributed by atoms with Crippen molar-refractivity contribution in [1.29, 1.82) is 0 Å². The Morgan fingerprint density at radius 2 is 1.92 bits per heavy atom. The van der Waals surface area contributed by atoms with Gasteiger partial charge < -0.3 is 4.74 Å². The van der Waals surface area contributed by atoms with E-state index in [1.165, 1.54) is 5.56 Å². The Hall–Kier alpha value is -1.74. The molecule has 2 aliphatic rings. The molecule has 4 rings (SSSR count). The van der Waals surface area contributed by atoms with Crippen LogP contribution in [-0.2, 0) is 14.8 Å². The Bertz CT molecular complexity index is 862. The van der Waals surface area contributed by atoms with Gasteiger partial charge in [-0.15, -0.1) is 0 Å². The third kappa shape index (κ3) is 2.96. The Morgan fingerprint density at radius 1 is 1.15 bits per heavy atom. The average Bonchev–Trinajstić information content (AvgIpc) is 3.00. The molecule has 0 saturated carbocycles. The van der Waals surface area contributed by atoms with Gasteiger partial charge in [-0.05, 0) is 19.4 Å². The summed E-state index contributed by atoms with van der Waals surface area (Å²) >= 11 is 0. The monoisotopic (exact) mass is 376 g/mol. The number of aromatic amines is 1. The minimum Gasteiger partial charge on any atom is -0.378 e. The first kappa shape index (κ1) is 17.7. The summed E-state index contributed by atoms with van der Waals surface area (Å²) in [5, 5.41) is 6.82. The normalized spacial score (nSPS) is 25.2. The van der Waals surface area contributed by atoms with Gasteiger partial charge in [-0.3, -0.25) is 10.00 Å². The van der Waals surface area contributed by atoms with Crippen molar-refractivity contribution in [3.05, 3.63) is 47.3 Å². The van der Waals surface area contributed by atoms with Crippen molar-refractivity contribution in [3.63, 3.8) is 0 Å². The second-order valence-electron chi connectivity index (χ2n) is 6.98.